The third-order valence-corrected chi connectivity index (χ3v) is 10.1. The van der Waals surface area contributed by atoms with E-state index in [2.05, 4.69) is 0 Å². The second kappa shape index (κ2) is 12.1. The van der Waals surface area contributed by atoms with E-state index >= 15 is 0 Å². The van der Waals surface area contributed by atoms with Gasteiger partial charge in [0.25, 0.3) is 0 Å². The summed E-state index contributed by atoms with van der Waals surface area (Å²) in [7, 11) is 0. The number of para-hydroxylation sites is 7. The molecule has 0 atom stereocenters. The molecule has 0 aliphatic rings. The van der Waals surface area contributed by atoms with Crippen molar-refractivity contribution in [3.05, 3.63) is 205 Å². The second-order valence-electron chi connectivity index (χ2n) is 13.3. The largest absolute Gasteiger partial charge is 0.309 e. The van der Waals surface area contributed by atoms with Crippen LogP contribution in [-0.2, 0) is 0 Å². The number of aromatic nitrogens is 4. The van der Waals surface area contributed by atoms with Gasteiger partial charge in [-0.1, -0.05) is 114 Å². The number of fused-ring (bicyclic) bond motifs is 12. The topological polar surface area (TPSA) is 19.7 Å². The standard InChI is InChI=1S/C55H36N4/c1-35-26-29-51-43(32-35)45-34-37(56-46-19-7-2-14-38(46)39-15-3-8-20-47(39)56)27-30-52(45)57(51)36-28-31-53-44(33-36)42-18-6-11-23-50(42)59(53)55-25-13-12-24-54(55)58-48-21-9-4-16-40(48)41-17-5-10-22-49(41)58/h2-34H,1H3/i2D,3D,4D,5D,6D,7D,8D,9D,10D,11D,12D,13D,14D,15D,16D,17D,18D,19D,20D,21D,22D,23D,24D,25D,26D,27D,28D,29D,30D,31D,32D,33D,34D. The fourth-order valence-electron chi connectivity index (χ4n) is 7.78. The van der Waals surface area contributed by atoms with Crippen LogP contribution < -0.4 is 0 Å². The molecule has 13 aromatic rings. The Morgan fingerprint density at radius 2 is 0.559 bits per heavy atom. The van der Waals surface area contributed by atoms with E-state index in [-0.39, 0.29) is 5.56 Å². The third kappa shape index (κ3) is 4.48. The van der Waals surface area contributed by atoms with Crippen molar-refractivity contribution in [1.82, 2.24) is 18.3 Å². The van der Waals surface area contributed by atoms with Gasteiger partial charge < -0.3 is 18.3 Å². The summed E-state index contributed by atoms with van der Waals surface area (Å²) in [4.78, 5) is 0. The molecule has 4 heterocycles. The van der Waals surface area contributed by atoms with E-state index in [1.165, 1.54) is 6.92 Å². The maximum Gasteiger partial charge on any atom is 0.0702 e. The number of benzene rings is 9. The first kappa shape index (κ1) is 13.9. The fraction of sp³-hybridized carbons (Fsp3) is 0.0182. The van der Waals surface area contributed by atoms with Gasteiger partial charge in [-0.2, -0.15) is 0 Å². The third-order valence-electron chi connectivity index (χ3n) is 10.1. The predicted octanol–water partition coefficient (Wildman–Crippen LogP) is 14.4. The van der Waals surface area contributed by atoms with Crippen molar-refractivity contribution in [3.63, 3.8) is 0 Å². The van der Waals surface area contributed by atoms with Gasteiger partial charge in [-0.25, -0.2) is 0 Å². The first-order valence-electron chi connectivity index (χ1n) is 34.2. The van der Waals surface area contributed by atoms with Crippen LogP contribution in [0.1, 0.15) is 50.8 Å². The lowest BCUT2D eigenvalue weighted by Gasteiger charge is -2.16. The van der Waals surface area contributed by atoms with Crippen LogP contribution in [0, 0.1) is 6.92 Å². The summed E-state index contributed by atoms with van der Waals surface area (Å²) in [5.41, 5.74) is -9.20. The smallest absolute Gasteiger partial charge is 0.0702 e. The molecule has 4 nitrogen and oxygen atoms in total. The number of hydrogen-bond donors (Lipinski definition) is 0. The maximum absolute atomic E-state index is 10.3. The summed E-state index contributed by atoms with van der Waals surface area (Å²) >= 11 is 0. The van der Waals surface area contributed by atoms with Gasteiger partial charge in [0, 0.05) is 54.5 Å². The fourth-order valence-corrected chi connectivity index (χ4v) is 7.78. The SMILES string of the molecule is [2H]c1c([2H])c([2H])c(-n2c3c([2H])c([2H])c([2H])c([2H])c3c3c([2H])c(-n4c5c([2H])c([2H])c(C)c([2H])c5c5c([2H])c(-n6c7c([2H])c([2H])c([2H])c([2H])c7c7c([2H])c([2H])c([2H])c([2H])c76)c([2H])c([2H])c54)c([2H])c([2H])c32)c(-n2c3c([2H])c([2H])c([2H])c([2H])c3c3c([2H])c([2H])c([2H])c([2H])c32)c1[2H]. The average molecular weight is 786 g/mol. The normalized spacial score (nSPS) is 20.0. The Labute approximate surface area is 386 Å². The summed E-state index contributed by atoms with van der Waals surface area (Å²) in [5, 5.41) is -4.60. The summed E-state index contributed by atoms with van der Waals surface area (Å²) < 4.78 is 308. The van der Waals surface area contributed by atoms with E-state index in [1.807, 2.05) is 0 Å². The Morgan fingerprint density at radius 1 is 0.271 bits per heavy atom. The van der Waals surface area contributed by atoms with Crippen molar-refractivity contribution in [1.29, 1.82) is 0 Å². The Bertz CT molecular complexity index is 5660. The zero-order valence-electron chi connectivity index (χ0n) is 62.8. The summed E-state index contributed by atoms with van der Waals surface area (Å²) in [6.07, 6.45) is 0. The lowest BCUT2D eigenvalue weighted by atomic mass is 10.1. The van der Waals surface area contributed by atoms with Crippen LogP contribution in [0.3, 0.4) is 0 Å². The molecule has 0 unspecified atom stereocenters. The van der Waals surface area contributed by atoms with Crippen molar-refractivity contribution < 1.29 is 45.2 Å². The Morgan fingerprint density at radius 3 is 1.00 bits per heavy atom. The highest BCUT2D eigenvalue weighted by atomic mass is 15.1. The van der Waals surface area contributed by atoms with E-state index < -0.39 is 309 Å². The van der Waals surface area contributed by atoms with Crippen LogP contribution in [0.25, 0.3) is 110 Å². The Kier molecular flexibility index (Phi) is 2.86. The van der Waals surface area contributed by atoms with E-state index in [1.54, 1.807) is 0 Å². The first-order chi connectivity index (χ1) is 43.0. The van der Waals surface area contributed by atoms with E-state index in [0.717, 1.165) is 13.7 Å². The van der Waals surface area contributed by atoms with Crippen molar-refractivity contribution >= 4 is 87.2 Å². The lowest BCUT2D eigenvalue weighted by Crippen LogP contribution is -2.03. The van der Waals surface area contributed by atoms with Gasteiger partial charge in [-0.05, 0) is 97.6 Å². The average Bonchev–Trinajstić information content (AvgIpc) is 1.52. The number of rotatable bonds is 4. The van der Waals surface area contributed by atoms with Crippen molar-refractivity contribution in [3.8, 4) is 22.7 Å². The molecule has 0 aliphatic heterocycles. The monoisotopic (exact) mass is 786 g/mol. The van der Waals surface area contributed by atoms with Crippen molar-refractivity contribution in [2.45, 2.75) is 6.92 Å². The quantitative estimate of drug-likeness (QED) is 0.169. The molecule has 9 aromatic carbocycles. The minimum absolute atomic E-state index is 0.227. The van der Waals surface area contributed by atoms with Gasteiger partial charge in [0.15, 0.2) is 0 Å². The van der Waals surface area contributed by atoms with Crippen LogP contribution in [-0.4, -0.2) is 18.3 Å². The molecule has 0 amide bonds. The minimum atomic E-state index is -1.14. The lowest BCUT2D eigenvalue weighted by molar-refractivity contribution is 1.09. The van der Waals surface area contributed by atoms with Gasteiger partial charge in [-0.15, -0.1) is 0 Å². The summed E-state index contributed by atoms with van der Waals surface area (Å²) in [6, 6.07) is -30.8. The summed E-state index contributed by atoms with van der Waals surface area (Å²) in [6.45, 7) is 1.26. The highest BCUT2D eigenvalue weighted by Gasteiger charge is 2.21. The van der Waals surface area contributed by atoms with Crippen LogP contribution in [0.4, 0.5) is 0 Å². The van der Waals surface area contributed by atoms with Crippen molar-refractivity contribution in [2.24, 2.45) is 0 Å². The van der Waals surface area contributed by atoms with Gasteiger partial charge >= 0.3 is 0 Å². The van der Waals surface area contributed by atoms with Crippen LogP contribution in [0.2, 0.25) is 0 Å². The van der Waals surface area contributed by atoms with Crippen LogP contribution >= 0.6 is 0 Å². The molecule has 13 rings (SSSR count). The second-order valence-corrected chi connectivity index (χ2v) is 13.3. The minimum Gasteiger partial charge on any atom is -0.309 e. The van der Waals surface area contributed by atoms with E-state index in [0.29, 0.717) is 4.57 Å². The molecule has 0 aliphatic carbocycles. The highest BCUT2D eigenvalue weighted by molar-refractivity contribution is 6.15. The molecule has 0 saturated heterocycles. The molecular formula is C55H36N4. The van der Waals surface area contributed by atoms with Gasteiger partial charge in [0.2, 0.25) is 0 Å². The van der Waals surface area contributed by atoms with E-state index in [4.69, 9.17) is 26.0 Å². The molecule has 0 bridgehead atoms. The number of hydrogen-bond acceptors (Lipinski definition) is 0. The van der Waals surface area contributed by atoms with Gasteiger partial charge in [0.05, 0.1) is 101 Å². The highest BCUT2D eigenvalue weighted by Crippen LogP contribution is 2.41. The molecule has 4 heteroatoms. The first-order valence-corrected chi connectivity index (χ1v) is 17.7. The zero-order valence-corrected chi connectivity index (χ0v) is 29.8. The maximum atomic E-state index is 10.3. The molecular weight excluding hydrogens is 717 g/mol. The van der Waals surface area contributed by atoms with E-state index in [9.17, 15) is 19.2 Å². The summed E-state index contributed by atoms with van der Waals surface area (Å²) in [5.74, 6) is 0. The number of nitrogens with zero attached hydrogens (tertiary/aromatic N) is 4. The Balaban J connectivity index is 1.27. The van der Waals surface area contributed by atoms with Crippen LogP contribution in [0.5, 0.6) is 0 Å². The molecule has 0 radical (unpaired) electrons. The predicted molar refractivity (Wildman–Crippen MR) is 249 cm³/mol. The van der Waals surface area contributed by atoms with Crippen molar-refractivity contribution in [2.75, 3.05) is 0 Å². The van der Waals surface area contributed by atoms with Crippen LogP contribution in [0.15, 0.2) is 199 Å². The molecule has 4 aromatic heterocycles. The molecule has 0 spiro atoms. The molecule has 59 heavy (non-hydrogen) atoms. The molecule has 0 N–H and O–H groups in total. The molecule has 0 saturated carbocycles. The Hall–Kier alpha value is -7.82. The van der Waals surface area contributed by atoms with Gasteiger partial charge in [-0.3, -0.25) is 0 Å². The molecule has 0 fully saturated rings. The zero-order chi connectivity index (χ0) is 67.5. The molecule has 276 valence electrons. The van der Waals surface area contributed by atoms with Gasteiger partial charge in [0.1, 0.15) is 0 Å².